The highest BCUT2D eigenvalue weighted by Crippen LogP contribution is 2.75. The van der Waals surface area contributed by atoms with Crippen LogP contribution >= 0.6 is 0 Å². The van der Waals surface area contributed by atoms with Crippen LogP contribution in [0.4, 0.5) is 0 Å². The number of Topliss-reactive ketones (excluding diaryl/α,β-unsaturated/α-hetero) is 1. The van der Waals surface area contributed by atoms with Crippen LogP contribution in [-0.4, -0.2) is 27.7 Å². The summed E-state index contributed by atoms with van der Waals surface area (Å²) in [5, 5.41) is 23.4. The van der Waals surface area contributed by atoms with E-state index in [1.165, 1.54) is 5.57 Å². The largest absolute Gasteiger partial charge is 0.393 e. The van der Waals surface area contributed by atoms with E-state index in [0.717, 1.165) is 51.4 Å². The lowest BCUT2D eigenvalue weighted by Crippen LogP contribution is -2.66. The molecule has 4 aliphatic carbocycles. The number of allylic oxidation sites excluding steroid dienone is 2. The summed E-state index contributed by atoms with van der Waals surface area (Å²) in [6.45, 7) is 18.0. The third-order valence-corrected chi connectivity index (χ3v) is 12.1. The van der Waals surface area contributed by atoms with Crippen LogP contribution in [-0.2, 0) is 4.79 Å². The van der Waals surface area contributed by atoms with E-state index >= 15 is 0 Å². The van der Waals surface area contributed by atoms with Crippen molar-refractivity contribution in [3.05, 3.63) is 11.6 Å². The Balaban J connectivity index is 1.67. The highest BCUT2D eigenvalue weighted by Gasteiger charge is 2.71. The quantitative estimate of drug-likeness (QED) is 0.460. The number of aliphatic hydroxyl groups is 2. The molecule has 0 aliphatic heterocycles. The molecule has 0 aromatic heterocycles. The highest BCUT2D eigenvalue weighted by atomic mass is 16.3. The molecule has 9 atom stereocenters. The van der Waals surface area contributed by atoms with Crippen LogP contribution < -0.4 is 0 Å². The van der Waals surface area contributed by atoms with Gasteiger partial charge < -0.3 is 10.2 Å². The van der Waals surface area contributed by atoms with Crippen molar-refractivity contribution >= 4 is 5.78 Å². The predicted molar refractivity (Wildman–Crippen MR) is 135 cm³/mol. The molecule has 0 unspecified atom stereocenters. The number of ketones is 1. The SMILES string of the molecule is CC(C)=CCC[C@](C)(O)[C@H]1CC[C@]2(C)[C@@H]1[C@H](O)C[C@@H]1[C@@]3(C)CCC(=O)C(C)(C)[C@H]3CC[C@]12C. The first kappa shape index (κ1) is 25.4. The maximum absolute atomic E-state index is 12.9. The van der Waals surface area contributed by atoms with E-state index in [2.05, 4.69) is 54.5 Å². The van der Waals surface area contributed by atoms with Crippen molar-refractivity contribution in [3.63, 3.8) is 0 Å². The van der Waals surface area contributed by atoms with E-state index in [1.807, 2.05) is 6.92 Å². The van der Waals surface area contributed by atoms with Crippen molar-refractivity contribution in [3.8, 4) is 0 Å². The Morgan fingerprint density at radius 3 is 2.30 bits per heavy atom. The second-order valence-corrected chi connectivity index (χ2v) is 14.3. The van der Waals surface area contributed by atoms with Crippen LogP contribution in [0, 0.1) is 45.3 Å². The molecule has 4 saturated carbocycles. The third kappa shape index (κ3) is 3.53. The van der Waals surface area contributed by atoms with Crippen molar-refractivity contribution in [1.82, 2.24) is 0 Å². The third-order valence-electron chi connectivity index (χ3n) is 12.1. The summed E-state index contributed by atoms with van der Waals surface area (Å²) in [4.78, 5) is 12.9. The van der Waals surface area contributed by atoms with Gasteiger partial charge in [0.15, 0.2) is 0 Å². The van der Waals surface area contributed by atoms with Crippen LogP contribution in [0.15, 0.2) is 11.6 Å². The molecule has 0 spiro atoms. The van der Waals surface area contributed by atoms with Gasteiger partial charge in [0.2, 0.25) is 0 Å². The molecule has 0 bridgehead atoms. The van der Waals surface area contributed by atoms with E-state index in [9.17, 15) is 15.0 Å². The lowest BCUT2D eigenvalue weighted by molar-refractivity contribution is -0.232. The molecule has 0 amide bonds. The number of rotatable bonds is 4. The maximum Gasteiger partial charge on any atom is 0.138 e. The molecule has 2 N–H and O–H groups in total. The van der Waals surface area contributed by atoms with Crippen LogP contribution in [0.25, 0.3) is 0 Å². The zero-order chi connectivity index (χ0) is 24.6. The first-order valence-electron chi connectivity index (χ1n) is 13.7. The molecule has 3 heteroatoms. The summed E-state index contributed by atoms with van der Waals surface area (Å²) < 4.78 is 0. The monoisotopic (exact) mass is 458 g/mol. The van der Waals surface area contributed by atoms with E-state index < -0.39 is 5.60 Å². The molecule has 0 aromatic rings. The van der Waals surface area contributed by atoms with Crippen molar-refractivity contribution in [2.24, 2.45) is 45.3 Å². The molecule has 0 radical (unpaired) electrons. The predicted octanol–water partition coefficient (Wildman–Crippen LogP) is 6.71. The normalized spacial score (nSPS) is 48.3. The Morgan fingerprint density at radius 1 is 1.03 bits per heavy atom. The molecule has 0 saturated heterocycles. The van der Waals surface area contributed by atoms with Gasteiger partial charge in [-0.3, -0.25) is 4.79 Å². The number of hydrogen-bond acceptors (Lipinski definition) is 3. The second-order valence-electron chi connectivity index (χ2n) is 14.3. The van der Waals surface area contributed by atoms with Crippen LogP contribution in [0.3, 0.4) is 0 Å². The topological polar surface area (TPSA) is 57.5 Å². The van der Waals surface area contributed by atoms with Crippen molar-refractivity contribution in [1.29, 1.82) is 0 Å². The Bertz CT molecular complexity index is 820. The summed E-state index contributed by atoms with van der Waals surface area (Å²) in [7, 11) is 0. The van der Waals surface area contributed by atoms with Gasteiger partial charge in [-0.2, -0.15) is 0 Å². The van der Waals surface area contributed by atoms with E-state index in [4.69, 9.17) is 0 Å². The first-order valence-corrected chi connectivity index (χ1v) is 13.7. The smallest absolute Gasteiger partial charge is 0.138 e. The zero-order valence-corrected chi connectivity index (χ0v) is 22.6. The number of hydrogen-bond donors (Lipinski definition) is 2. The van der Waals surface area contributed by atoms with Gasteiger partial charge in [-0.25, -0.2) is 0 Å². The summed E-state index contributed by atoms with van der Waals surface area (Å²) in [6, 6.07) is 0. The lowest BCUT2D eigenvalue weighted by Gasteiger charge is -2.69. The Labute approximate surface area is 202 Å². The molecule has 4 fully saturated rings. The Morgan fingerprint density at radius 2 is 1.67 bits per heavy atom. The van der Waals surface area contributed by atoms with Crippen molar-refractivity contribution in [2.45, 2.75) is 125 Å². The van der Waals surface area contributed by atoms with Crippen molar-refractivity contribution < 1.29 is 15.0 Å². The molecule has 4 aliphatic rings. The Hall–Kier alpha value is -0.670. The maximum atomic E-state index is 12.9. The molecule has 3 nitrogen and oxygen atoms in total. The molecule has 4 rings (SSSR count). The van der Waals surface area contributed by atoms with Gasteiger partial charge in [-0.05, 0) is 112 Å². The van der Waals surface area contributed by atoms with Crippen LogP contribution in [0.5, 0.6) is 0 Å². The van der Waals surface area contributed by atoms with Gasteiger partial charge in [0, 0.05) is 11.8 Å². The van der Waals surface area contributed by atoms with Gasteiger partial charge in [-0.1, -0.05) is 46.3 Å². The van der Waals surface area contributed by atoms with Crippen molar-refractivity contribution in [2.75, 3.05) is 0 Å². The minimum atomic E-state index is -0.751. The van der Waals surface area contributed by atoms with Gasteiger partial charge >= 0.3 is 0 Å². The number of carbonyl (C=O) groups is 1. The zero-order valence-electron chi connectivity index (χ0n) is 22.6. The second kappa shape index (κ2) is 7.92. The summed E-state index contributed by atoms with van der Waals surface area (Å²) in [5.74, 6) is 1.57. The highest BCUT2D eigenvalue weighted by molar-refractivity contribution is 5.85. The number of fused-ring (bicyclic) bond motifs is 5. The average molecular weight is 459 g/mol. The fourth-order valence-corrected chi connectivity index (χ4v) is 10.1. The summed E-state index contributed by atoms with van der Waals surface area (Å²) in [6.07, 6.45) is 10.4. The fraction of sp³-hybridized carbons (Fsp3) is 0.900. The van der Waals surface area contributed by atoms with Gasteiger partial charge in [0.25, 0.3) is 0 Å². The fourth-order valence-electron chi connectivity index (χ4n) is 10.1. The number of aliphatic hydroxyl groups excluding tert-OH is 1. The number of carbonyl (C=O) groups excluding carboxylic acids is 1. The van der Waals surface area contributed by atoms with Gasteiger partial charge in [0.1, 0.15) is 5.78 Å². The molecular formula is C30H50O3. The minimum Gasteiger partial charge on any atom is -0.393 e. The average Bonchev–Trinajstić information content (AvgIpc) is 3.08. The minimum absolute atomic E-state index is 0.0279. The molecule has 188 valence electrons. The summed E-state index contributed by atoms with van der Waals surface area (Å²) >= 11 is 0. The van der Waals surface area contributed by atoms with Crippen LogP contribution in [0.1, 0.15) is 113 Å². The van der Waals surface area contributed by atoms with E-state index in [1.54, 1.807) is 0 Å². The van der Waals surface area contributed by atoms with Crippen LogP contribution in [0.2, 0.25) is 0 Å². The van der Waals surface area contributed by atoms with E-state index in [-0.39, 0.29) is 39.6 Å². The molecular weight excluding hydrogens is 408 g/mol. The van der Waals surface area contributed by atoms with E-state index in [0.29, 0.717) is 24.0 Å². The Kier molecular flexibility index (Phi) is 6.10. The molecule has 0 heterocycles. The van der Waals surface area contributed by atoms with Gasteiger partial charge in [-0.15, -0.1) is 0 Å². The standard InChI is InChI=1S/C30H50O3/c1-19(2)10-9-14-30(8,33)20-11-16-29(7)25(20)21(31)18-23-27(5)15-13-24(32)26(3,4)22(27)12-17-28(23,29)6/h10,20-23,25,31,33H,9,11-18H2,1-8H3/t20-,21+,22+,23+,25-,27-,28+,29+,30-/m0/s1. The first-order chi connectivity index (χ1) is 15.1. The summed E-state index contributed by atoms with van der Waals surface area (Å²) in [5.41, 5.74) is 0.560. The molecule has 33 heavy (non-hydrogen) atoms. The lowest BCUT2D eigenvalue weighted by atomic mass is 9.35. The van der Waals surface area contributed by atoms with Gasteiger partial charge in [0.05, 0.1) is 11.7 Å². The molecule has 0 aromatic carbocycles.